The highest BCUT2D eigenvalue weighted by atomic mass is 16.6. The molecular formula is C30H37NO7. The van der Waals surface area contributed by atoms with Crippen molar-refractivity contribution >= 4 is 17.7 Å². The number of allylic oxidation sites excluding steroid dienone is 1. The van der Waals surface area contributed by atoms with Gasteiger partial charge in [0.1, 0.15) is 29.3 Å². The topological polar surface area (TPSA) is 125 Å². The van der Waals surface area contributed by atoms with Crippen LogP contribution >= 0.6 is 0 Å². The first-order valence-corrected chi connectivity index (χ1v) is 13.4. The zero-order chi connectivity index (χ0) is 27.6. The fourth-order valence-corrected chi connectivity index (χ4v) is 7.27. The minimum atomic E-state index is -1.82. The molecule has 0 aromatic heterocycles. The zero-order valence-electron chi connectivity index (χ0n) is 22.5. The lowest BCUT2D eigenvalue weighted by atomic mass is 9.53. The number of amides is 1. The van der Waals surface area contributed by atoms with E-state index in [1.807, 2.05) is 44.2 Å². The Kier molecular flexibility index (Phi) is 6.65. The van der Waals surface area contributed by atoms with Crippen molar-refractivity contribution in [2.75, 3.05) is 0 Å². The van der Waals surface area contributed by atoms with Crippen molar-refractivity contribution < 1.29 is 34.1 Å². The molecular weight excluding hydrogens is 486 g/mol. The zero-order valence-corrected chi connectivity index (χ0v) is 22.5. The van der Waals surface area contributed by atoms with Crippen molar-refractivity contribution in [3.63, 3.8) is 0 Å². The molecule has 2 fully saturated rings. The summed E-state index contributed by atoms with van der Waals surface area (Å²) in [6, 6.07) is 9.51. The molecule has 8 nitrogen and oxygen atoms in total. The van der Waals surface area contributed by atoms with Gasteiger partial charge >= 0.3 is 5.97 Å². The van der Waals surface area contributed by atoms with Gasteiger partial charge in [0.25, 0.3) is 0 Å². The average molecular weight is 524 g/mol. The number of hydrogen-bond donors (Lipinski definition) is 3. The number of ether oxygens (including phenoxy) is 2. The summed E-state index contributed by atoms with van der Waals surface area (Å²) in [4.78, 5) is 40.0. The minimum Gasteiger partial charge on any atom is -0.458 e. The fraction of sp³-hybridized carbons (Fsp3) is 0.567. The molecule has 2 heterocycles. The number of epoxide rings is 1. The lowest BCUT2D eigenvalue weighted by Gasteiger charge is -2.50. The number of ketones is 1. The van der Waals surface area contributed by atoms with Crippen molar-refractivity contribution in [1.29, 1.82) is 0 Å². The lowest BCUT2D eigenvalue weighted by molar-refractivity contribution is -0.169. The Labute approximate surface area is 223 Å². The number of aliphatic hydroxyl groups excluding tert-OH is 1. The van der Waals surface area contributed by atoms with Crippen molar-refractivity contribution in [3.05, 3.63) is 59.2 Å². The molecule has 2 aliphatic heterocycles. The van der Waals surface area contributed by atoms with E-state index in [-0.39, 0.29) is 17.7 Å². The Morgan fingerprint density at radius 3 is 2.53 bits per heavy atom. The molecule has 4 aliphatic rings. The Morgan fingerprint density at radius 2 is 1.87 bits per heavy atom. The van der Waals surface area contributed by atoms with Gasteiger partial charge in [-0.3, -0.25) is 14.4 Å². The van der Waals surface area contributed by atoms with Crippen LogP contribution in [0.1, 0.15) is 46.6 Å². The molecule has 0 unspecified atom stereocenters. The maximum atomic E-state index is 14.3. The molecule has 1 aromatic rings. The first-order valence-electron chi connectivity index (χ1n) is 13.4. The van der Waals surface area contributed by atoms with Crippen LogP contribution in [0, 0.1) is 23.2 Å². The van der Waals surface area contributed by atoms with Crippen LogP contribution in [0.2, 0.25) is 0 Å². The number of aliphatic hydroxyl groups is 2. The highest BCUT2D eigenvalue weighted by molar-refractivity contribution is 5.91. The summed E-state index contributed by atoms with van der Waals surface area (Å²) in [7, 11) is 0. The molecule has 10 atom stereocenters. The second kappa shape index (κ2) is 9.43. The van der Waals surface area contributed by atoms with E-state index in [9.17, 15) is 24.6 Å². The van der Waals surface area contributed by atoms with Crippen LogP contribution in [0.15, 0.2) is 53.6 Å². The maximum Gasteiger partial charge on any atom is 0.303 e. The molecule has 0 saturated carbocycles. The number of carbonyl (C=O) groups is 3. The van der Waals surface area contributed by atoms with E-state index < -0.39 is 59.2 Å². The van der Waals surface area contributed by atoms with Crippen molar-refractivity contribution in [1.82, 2.24) is 5.32 Å². The summed E-state index contributed by atoms with van der Waals surface area (Å²) in [6.07, 6.45) is 0.510. The second-order valence-corrected chi connectivity index (χ2v) is 11.6. The standard InChI is InChI=1S/C30H37NO7/c1-15-10-9-13-20-23(33)17(3)16(2)22-21(14-19-11-7-6-8-12-19)31-28(35)30(20,22)27(37-18(4)32)24-26(38-24)29(5,36)25(15)34/h6-9,11-13,15,20-24,26-27,33,36H,10,14H2,1-5H3,(H,31,35)/b13-9-/t15-,20-,21+,22+,23+,24+,26-,27+,29-,30-/m0/s1. The highest BCUT2D eigenvalue weighted by Gasteiger charge is 2.73. The molecule has 3 N–H and O–H groups in total. The quantitative estimate of drug-likeness (QED) is 0.315. The Balaban J connectivity index is 1.72. The fourth-order valence-electron chi connectivity index (χ4n) is 7.27. The van der Waals surface area contributed by atoms with Crippen LogP contribution in [-0.2, 0) is 30.3 Å². The molecule has 38 heavy (non-hydrogen) atoms. The number of carbonyl (C=O) groups excluding carboxylic acids is 3. The van der Waals surface area contributed by atoms with Gasteiger partial charge in [0.05, 0.1) is 6.10 Å². The number of rotatable bonds is 3. The predicted molar refractivity (Wildman–Crippen MR) is 139 cm³/mol. The number of benzene rings is 1. The molecule has 8 heteroatoms. The third kappa shape index (κ3) is 3.96. The molecule has 1 aromatic carbocycles. The van der Waals surface area contributed by atoms with Crippen LogP contribution in [0.3, 0.4) is 0 Å². The molecule has 0 bridgehead atoms. The third-order valence-electron chi connectivity index (χ3n) is 9.27. The second-order valence-electron chi connectivity index (χ2n) is 11.6. The molecule has 0 radical (unpaired) electrons. The van der Waals surface area contributed by atoms with E-state index in [0.717, 1.165) is 16.7 Å². The SMILES string of the molecule is CC(=O)O[C@@H]1[C@@H]2O[C@@H]2[C@@](C)(O)C(=O)[C@@H](C)C/C=C\[C@H]2[C@H](O)C(C)=C(C)[C@@H]3[C@@H](Cc4ccccc4)NC(=O)[C@]132. The lowest BCUT2D eigenvalue weighted by Crippen LogP contribution is -2.60. The van der Waals surface area contributed by atoms with Crippen molar-refractivity contribution in [3.8, 4) is 0 Å². The van der Waals surface area contributed by atoms with E-state index in [2.05, 4.69) is 5.32 Å². The van der Waals surface area contributed by atoms with Crippen LogP contribution in [-0.4, -0.2) is 63.9 Å². The predicted octanol–water partition coefficient (Wildman–Crippen LogP) is 2.27. The first-order chi connectivity index (χ1) is 17.9. The van der Waals surface area contributed by atoms with Gasteiger partial charge < -0.3 is 25.0 Å². The average Bonchev–Trinajstić information content (AvgIpc) is 3.62. The summed E-state index contributed by atoms with van der Waals surface area (Å²) >= 11 is 0. The number of Topliss-reactive ketones (excluding diaryl/α,β-unsaturated/α-hetero) is 1. The van der Waals surface area contributed by atoms with Gasteiger partial charge in [0, 0.05) is 30.7 Å². The van der Waals surface area contributed by atoms with Crippen LogP contribution in [0.4, 0.5) is 0 Å². The van der Waals surface area contributed by atoms with E-state index in [1.165, 1.54) is 13.8 Å². The molecule has 2 saturated heterocycles. The largest absolute Gasteiger partial charge is 0.458 e. The Bertz CT molecular complexity index is 1200. The van der Waals surface area contributed by atoms with Gasteiger partial charge in [0.15, 0.2) is 5.78 Å². The summed E-state index contributed by atoms with van der Waals surface area (Å²) in [5.41, 5.74) is -0.550. The third-order valence-corrected chi connectivity index (χ3v) is 9.27. The number of fused-ring (bicyclic) bond motifs is 1. The van der Waals surface area contributed by atoms with Crippen molar-refractivity contribution in [2.45, 2.75) is 83.5 Å². The maximum absolute atomic E-state index is 14.3. The van der Waals surface area contributed by atoms with Gasteiger partial charge in [-0.2, -0.15) is 0 Å². The van der Waals surface area contributed by atoms with Gasteiger partial charge in [0.2, 0.25) is 5.91 Å². The Morgan fingerprint density at radius 1 is 1.18 bits per heavy atom. The highest BCUT2D eigenvalue weighted by Crippen LogP contribution is 2.60. The van der Waals surface area contributed by atoms with Gasteiger partial charge in [-0.15, -0.1) is 0 Å². The number of nitrogens with one attached hydrogen (secondary N) is 1. The monoisotopic (exact) mass is 523 g/mol. The molecule has 1 amide bonds. The minimum absolute atomic E-state index is 0.325. The van der Waals surface area contributed by atoms with Gasteiger partial charge in [-0.1, -0.05) is 55.0 Å². The summed E-state index contributed by atoms with van der Waals surface area (Å²) in [6.45, 7) is 8.23. The van der Waals surface area contributed by atoms with E-state index in [1.54, 1.807) is 19.1 Å². The van der Waals surface area contributed by atoms with E-state index in [4.69, 9.17) is 9.47 Å². The van der Waals surface area contributed by atoms with Crippen LogP contribution < -0.4 is 5.32 Å². The summed E-state index contributed by atoms with van der Waals surface area (Å²) in [5.74, 6) is -2.99. The first kappa shape index (κ1) is 26.8. The van der Waals surface area contributed by atoms with Crippen LogP contribution in [0.25, 0.3) is 0 Å². The molecule has 2 aliphatic carbocycles. The smallest absolute Gasteiger partial charge is 0.303 e. The molecule has 204 valence electrons. The molecule has 5 rings (SSSR count). The van der Waals surface area contributed by atoms with Gasteiger partial charge in [-0.05, 0) is 44.7 Å². The number of hydrogen-bond acceptors (Lipinski definition) is 7. The van der Waals surface area contributed by atoms with Crippen molar-refractivity contribution in [2.24, 2.45) is 23.2 Å². The normalized spacial score (nSPS) is 43.2. The van der Waals surface area contributed by atoms with E-state index >= 15 is 0 Å². The van der Waals surface area contributed by atoms with Gasteiger partial charge in [-0.25, -0.2) is 0 Å². The number of esters is 1. The Hall–Kier alpha value is -2.81. The molecule has 1 spiro atoms. The summed E-state index contributed by atoms with van der Waals surface area (Å²) in [5, 5.41) is 26.1. The summed E-state index contributed by atoms with van der Waals surface area (Å²) < 4.78 is 11.9. The van der Waals surface area contributed by atoms with Crippen LogP contribution in [0.5, 0.6) is 0 Å². The van der Waals surface area contributed by atoms with E-state index in [0.29, 0.717) is 12.8 Å².